The highest BCUT2D eigenvalue weighted by atomic mass is 16.4. The van der Waals surface area contributed by atoms with Crippen LogP contribution in [0.5, 0.6) is 0 Å². The molecule has 1 atom stereocenters. The van der Waals surface area contributed by atoms with Crippen LogP contribution in [0.25, 0.3) is 0 Å². The van der Waals surface area contributed by atoms with Gasteiger partial charge < -0.3 is 15.5 Å². The molecule has 5 nitrogen and oxygen atoms in total. The third kappa shape index (κ3) is 4.47. The van der Waals surface area contributed by atoms with Gasteiger partial charge in [0.1, 0.15) is 0 Å². The largest absolute Gasteiger partial charge is 0.481 e. The Morgan fingerprint density at radius 2 is 1.70 bits per heavy atom. The highest BCUT2D eigenvalue weighted by molar-refractivity contribution is 5.84. The summed E-state index contributed by atoms with van der Waals surface area (Å²) in [6.45, 7) is 9.54. The second-order valence-electron chi connectivity index (χ2n) is 6.20. The summed E-state index contributed by atoms with van der Waals surface area (Å²) in [4.78, 5) is 23.4. The lowest BCUT2D eigenvalue weighted by Crippen LogP contribution is -2.43. The minimum Gasteiger partial charge on any atom is -0.481 e. The minimum atomic E-state index is -1.07. The topological polar surface area (TPSA) is 86.6 Å². The summed E-state index contributed by atoms with van der Waals surface area (Å²) < 4.78 is 0. The minimum absolute atomic E-state index is 0.0145. The van der Waals surface area contributed by atoms with E-state index < -0.39 is 11.4 Å². The number of carboxylic acids is 1. The quantitative estimate of drug-likeness (QED) is 0.605. The van der Waals surface area contributed by atoms with E-state index in [9.17, 15) is 19.8 Å². The zero-order valence-electron chi connectivity index (χ0n) is 13.3. The summed E-state index contributed by atoms with van der Waals surface area (Å²) in [5, 5.41) is 21.5. The van der Waals surface area contributed by atoms with Gasteiger partial charge in [-0.15, -0.1) is 0 Å². The van der Waals surface area contributed by atoms with E-state index in [1.54, 1.807) is 20.8 Å². The van der Waals surface area contributed by atoms with Crippen LogP contribution in [0.15, 0.2) is 0 Å². The number of carbonyl (C=O) groups excluding carboxylic acids is 1. The van der Waals surface area contributed by atoms with Crippen molar-refractivity contribution in [2.75, 3.05) is 13.2 Å². The molecular formula is C15H29NO4. The van der Waals surface area contributed by atoms with E-state index in [4.69, 9.17) is 0 Å². The van der Waals surface area contributed by atoms with Gasteiger partial charge >= 0.3 is 5.97 Å². The molecule has 0 bridgehead atoms. The lowest BCUT2D eigenvalue weighted by molar-refractivity contribution is -0.153. The molecule has 1 amide bonds. The Labute approximate surface area is 121 Å². The molecule has 0 fully saturated rings. The van der Waals surface area contributed by atoms with Gasteiger partial charge in [-0.1, -0.05) is 27.7 Å². The average molecular weight is 287 g/mol. The molecule has 0 heterocycles. The third-order valence-electron chi connectivity index (χ3n) is 4.79. The molecule has 118 valence electrons. The molecule has 0 rings (SSSR count). The number of carboxylic acid groups (broad SMARTS) is 1. The van der Waals surface area contributed by atoms with E-state index in [-0.39, 0.29) is 30.3 Å². The Bertz CT molecular complexity index is 329. The summed E-state index contributed by atoms with van der Waals surface area (Å²) in [7, 11) is 0. The van der Waals surface area contributed by atoms with Gasteiger partial charge in [0.2, 0.25) is 5.91 Å². The van der Waals surface area contributed by atoms with Crippen molar-refractivity contribution < 1.29 is 19.8 Å². The van der Waals surface area contributed by atoms with Crippen LogP contribution in [-0.4, -0.2) is 35.2 Å². The standard InChI is InChI=1S/C15H29NO4/c1-6-15(7-2,10-17)9-16-12(18)8-14(5,11(3)4)13(19)20/h11,17H,6-10H2,1-5H3,(H,16,18)(H,19,20). The van der Waals surface area contributed by atoms with Crippen LogP contribution < -0.4 is 5.32 Å². The van der Waals surface area contributed by atoms with Crippen LogP contribution in [0.3, 0.4) is 0 Å². The highest BCUT2D eigenvalue weighted by Gasteiger charge is 2.39. The first-order valence-electron chi connectivity index (χ1n) is 7.28. The summed E-state index contributed by atoms with van der Waals surface area (Å²) in [6, 6.07) is 0. The van der Waals surface area contributed by atoms with Gasteiger partial charge in [0.15, 0.2) is 0 Å². The first kappa shape index (κ1) is 18.9. The van der Waals surface area contributed by atoms with E-state index in [1.165, 1.54) is 0 Å². The maximum absolute atomic E-state index is 12.0. The van der Waals surface area contributed by atoms with Gasteiger partial charge in [-0.25, -0.2) is 0 Å². The number of aliphatic hydroxyl groups excluding tert-OH is 1. The number of amides is 1. The third-order valence-corrected chi connectivity index (χ3v) is 4.79. The van der Waals surface area contributed by atoms with Gasteiger partial charge in [0, 0.05) is 18.4 Å². The lowest BCUT2D eigenvalue weighted by Gasteiger charge is -2.31. The second kappa shape index (κ2) is 7.62. The van der Waals surface area contributed by atoms with Crippen molar-refractivity contribution in [1.82, 2.24) is 5.32 Å². The van der Waals surface area contributed by atoms with Crippen LogP contribution >= 0.6 is 0 Å². The van der Waals surface area contributed by atoms with Crippen molar-refractivity contribution in [2.45, 2.75) is 53.9 Å². The van der Waals surface area contributed by atoms with Crippen molar-refractivity contribution in [1.29, 1.82) is 0 Å². The van der Waals surface area contributed by atoms with Crippen molar-refractivity contribution in [2.24, 2.45) is 16.7 Å². The summed E-state index contributed by atoms with van der Waals surface area (Å²) >= 11 is 0. The number of hydrogen-bond acceptors (Lipinski definition) is 3. The molecule has 0 spiro atoms. The van der Waals surface area contributed by atoms with Crippen LogP contribution in [0.1, 0.15) is 53.9 Å². The second-order valence-corrected chi connectivity index (χ2v) is 6.20. The monoisotopic (exact) mass is 287 g/mol. The number of aliphatic hydroxyl groups is 1. The Hall–Kier alpha value is -1.10. The zero-order chi connectivity index (χ0) is 16.0. The molecule has 0 aliphatic rings. The molecule has 20 heavy (non-hydrogen) atoms. The normalized spacial score (nSPS) is 14.9. The zero-order valence-corrected chi connectivity index (χ0v) is 13.3. The first-order valence-corrected chi connectivity index (χ1v) is 7.28. The van der Waals surface area contributed by atoms with Gasteiger partial charge in [0.05, 0.1) is 12.0 Å². The molecule has 0 saturated carbocycles. The Morgan fingerprint density at radius 3 is 2.00 bits per heavy atom. The molecule has 0 radical (unpaired) electrons. The van der Waals surface area contributed by atoms with E-state index in [0.717, 1.165) is 12.8 Å². The summed E-state index contributed by atoms with van der Waals surface area (Å²) in [6.07, 6.45) is 1.48. The number of hydrogen-bond donors (Lipinski definition) is 3. The van der Waals surface area contributed by atoms with E-state index in [2.05, 4.69) is 5.32 Å². The number of aliphatic carboxylic acids is 1. The van der Waals surface area contributed by atoms with E-state index in [1.807, 2.05) is 13.8 Å². The molecule has 5 heteroatoms. The van der Waals surface area contributed by atoms with Gasteiger partial charge in [-0.05, 0) is 25.7 Å². The lowest BCUT2D eigenvalue weighted by atomic mass is 9.76. The van der Waals surface area contributed by atoms with Gasteiger partial charge in [0.25, 0.3) is 0 Å². The Morgan fingerprint density at radius 1 is 1.20 bits per heavy atom. The summed E-state index contributed by atoms with van der Waals surface area (Å²) in [5.74, 6) is -1.36. The molecule has 0 aromatic carbocycles. The Kier molecular flexibility index (Phi) is 7.20. The van der Waals surface area contributed by atoms with Gasteiger partial charge in [-0.2, -0.15) is 0 Å². The predicted octanol–water partition coefficient (Wildman–Crippen LogP) is 2.04. The number of rotatable bonds is 9. The van der Waals surface area contributed by atoms with Crippen molar-refractivity contribution in [3.05, 3.63) is 0 Å². The maximum Gasteiger partial charge on any atom is 0.310 e. The molecule has 0 saturated heterocycles. The molecule has 0 aliphatic heterocycles. The van der Waals surface area contributed by atoms with E-state index in [0.29, 0.717) is 6.54 Å². The molecule has 0 aliphatic carbocycles. The number of carbonyl (C=O) groups is 2. The van der Waals surface area contributed by atoms with Crippen LogP contribution in [0, 0.1) is 16.7 Å². The molecule has 3 N–H and O–H groups in total. The van der Waals surface area contributed by atoms with Crippen molar-refractivity contribution >= 4 is 11.9 Å². The highest BCUT2D eigenvalue weighted by Crippen LogP contribution is 2.31. The van der Waals surface area contributed by atoms with Crippen molar-refractivity contribution in [3.8, 4) is 0 Å². The first-order chi connectivity index (χ1) is 9.17. The Balaban J connectivity index is 4.68. The molecule has 0 aromatic rings. The fraction of sp³-hybridized carbons (Fsp3) is 0.867. The summed E-state index contributed by atoms with van der Waals surface area (Å²) in [5.41, 5.74) is -1.38. The molecule has 1 unspecified atom stereocenters. The number of nitrogens with one attached hydrogen (secondary N) is 1. The molecule has 0 aromatic heterocycles. The predicted molar refractivity (Wildman–Crippen MR) is 78.3 cm³/mol. The SMILES string of the molecule is CCC(CC)(CO)CNC(=O)CC(C)(C(=O)O)C(C)C. The van der Waals surface area contributed by atoms with Gasteiger partial charge in [-0.3, -0.25) is 9.59 Å². The van der Waals surface area contributed by atoms with Crippen LogP contribution in [0.2, 0.25) is 0 Å². The van der Waals surface area contributed by atoms with E-state index >= 15 is 0 Å². The van der Waals surface area contributed by atoms with Crippen LogP contribution in [-0.2, 0) is 9.59 Å². The van der Waals surface area contributed by atoms with Crippen molar-refractivity contribution in [3.63, 3.8) is 0 Å². The molecular weight excluding hydrogens is 258 g/mol. The maximum atomic E-state index is 12.0. The average Bonchev–Trinajstić information content (AvgIpc) is 2.40. The van der Waals surface area contributed by atoms with Crippen LogP contribution in [0.4, 0.5) is 0 Å². The smallest absolute Gasteiger partial charge is 0.310 e. The fourth-order valence-electron chi connectivity index (χ4n) is 1.99. The fourth-order valence-corrected chi connectivity index (χ4v) is 1.99.